The van der Waals surface area contributed by atoms with Crippen LogP contribution < -0.4 is 5.32 Å². The first kappa shape index (κ1) is 15.3. The molecular formula is C14H10Cl2N2O3. The predicted molar refractivity (Wildman–Crippen MR) is 82.2 cm³/mol. The van der Waals surface area contributed by atoms with E-state index >= 15 is 0 Å². The van der Waals surface area contributed by atoms with Crippen molar-refractivity contribution in [2.24, 2.45) is 0 Å². The summed E-state index contributed by atoms with van der Waals surface area (Å²) in [7, 11) is 0. The molecule has 0 unspecified atom stereocenters. The first-order valence-corrected chi connectivity index (χ1v) is 6.66. The van der Waals surface area contributed by atoms with E-state index in [0.717, 1.165) is 5.56 Å². The average Bonchev–Trinajstić information content (AvgIpc) is 2.41. The normalized spacial score (nSPS) is 10.2. The molecule has 2 aromatic rings. The zero-order valence-corrected chi connectivity index (χ0v) is 12.4. The highest BCUT2D eigenvalue weighted by molar-refractivity contribution is 6.36. The lowest BCUT2D eigenvalue weighted by atomic mass is 10.1. The van der Waals surface area contributed by atoms with Crippen molar-refractivity contribution in [3.8, 4) is 0 Å². The number of hydrogen-bond acceptors (Lipinski definition) is 3. The van der Waals surface area contributed by atoms with Crippen molar-refractivity contribution in [2.75, 3.05) is 5.32 Å². The Hall–Kier alpha value is -2.11. The van der Waals surface area contributed by atoms with Gasteiger partial charge in [-0.1, -0.05) is 29.3 Å². The van der Waals surface area contributed by atoms with Gasteiger partial charge in [0.05, 0.1) is 10.5 Å². The van der Waals surface area contributed by atoms with Crippen molar-refractivity contribution in [3.63, 3.8) is 0 Å². The van der Waals surface area contributed by atoms with Gasteiger partial charge in [-0.05, 0) is 36.8 Å². The molecule has 21 heavy (non-hydrogen) atoms. The van der Waals surface area contributed by atoms with Crippen LogP contribution in [0.2, 0.25) is 10.0 Å². The maximum absolute atomic E-state index is 12.2. The van der Waals surface area contributed by atoms with Gasteiger partial charge < -0.3 is 5.32 Å². The summed E-state index contributed by atoms with van der Waals surface area (Å²) in [5, 5.41) is 13.8. The number of carbonyl (C=O) groups is 1. The summed E-state index contributed by atoms with van der Waals surface area (Å²) in [6.45, 7) is 1.79. The lowest BCUT2D eigenvalue weighted by Gasteiger charge is -2.09. The molecule has 0 aliphatic heterocycles. The van der Waals surface area contributed by atoms with E-state index in [1.54, 1.807) is 25.1 Å². The fraction of sp³-hybridized carbons (Fsp3) is 0.0714. The molecule has 0 saturated carbocycles. The summed E-state index contributed by atoms with van der Waals surface area (Å²) in [4.78, 5) is 22.4. The number of nitrogens with one attached hydrogen (secondary N) is 1. The number of nitrogens with zero attached hydrogens (tertiary/aromatic N) is 1. The number of nitro groups is 1. The molecule has 0 aromatic heterocycles. The monoisotopic (exact) mass is 324 g/mol. The fourth-order valence-electron chi connectivity index (χ4n) is 1.79. The molecule has 108 valence electrons. The molecule has 7 heteroatoms. The summed E-state index contributed by atoms with van der Waals surface area (Å²) in [5.41, 5.74) is 1.07. The minimum atomic E-state index is -0.632. The van der Waals surface area contributed by atoms with Crippen LogP contribution >= 0.6 is 23.2 Å². The van der Waals surface area contributed by atoms with E-state index in [0.29, 0.717) is 10.7 Å². The van der Waals surface area contributed by atoms with Crippen LogP contribution in [-0.2, 0) is 0 Å². The quantitative estimate of drug-likeness (QED) is 0.669. The second kappa shape index (κ2) is 6.11. The van der Waals surface area contributed by atoms with Crippen molar-refractivity contribution in [3.05, 3.63) is 67.7 Å². The third-order valence-electron chi connectivity index (χ3n) is 2.86. The van der Waals surface area contributed by atoms with Crippen LogP contribution in [0.3, 0.4) is 0 Å². The Morgan fingerprint density at radius 3 is 2.57 bits per heavy atom. The van der Waals surface area contributed by atoms with Crippen LogP contribution in [-0.4, -0.2) is 10.8 Å². The highest BCUT2D eigenvalue weighted by Crippen LogP contribution is 2.29. The van der Waals surface area contributed by atoms with Crippen molar-refractivity contribution in [1.29, 1.82) is 0 Å². The van der Waals surface area contributed by atoms with Crippen LogP contribution in [0.25, 0.3) is 0 Å². The van der Waals surface area contributed by atoms with Crippen molar-refractivity contribution >= 4 is 40.5 Å². The summed E-state index contributed by atoms with van der Waals surface area (Å²) in [6, 6.07) is 9.07. The third kappa shape index (κ3) is 3.32. The highest BCUT2D eigenvalue weighted by Gasteiger charge is 2.20. The molecule has 0 atom stereocenters. The van der Waals surface area contributed by atoms with Crippen LogP contribution in [0.4, 0.5) is 11.4 Å². The lowest BCUT2D eigenvalue weighted by molar-refractivity contribution is -0.384. The minimum absolute atomic E-state index is 0.0419. The molecule has 1 N–H and O–H groups in total. The second-order valence-electron chi connectivity index (χ2n) is 4.31. The Morgan fingerprint density at radius 2 is 1.95 bits per heavy atom. The summed E-state index contributed by atoms with van der Waals surface area (Å²) < 4.78 is 0. The molecule has 1 amide bonds. The molecule has 0 saturated heterocycles. The first-order valence-electron chi connectivity index (χ1n) is 5.90. The zero-order chi connectivity index (χ0) is 15.6. The molecule has 0 bridgehead atoms. The zero-order valence-electron chi connectivity index (χ0n) is 10.9. The molecule has 0 radical (unpaired) electrons. The van der Waals surface area contributed by atoms with Gasteiger partial charge >= 0.3 is 0 Å². The second-order valence-corrected chi connectivity index (χ2v) is 5.12. The highest BCUT2D eigenvalue weighted by atomic mass is 35.5. The number of benzene rings is 2. The van der Waals surface area contributed by atoms with E-state index in [4.69, 9.17) is 23.2 Å². The Labute approximate surface area is 130 Å². The number of aryl methyl sites for hydroxylation is 1. The number of halogens is 2. The molecule has 5 nitrogen and oxygen atoms in total. The van der Waals surface area contributed by atoms with E-state index in [-0.39, 0.29) is 16.3 Å². The van der Waals surface area contributed by atoms with Gasteiger partial charge in [-0.2, -0.15) is 0 Å². The fourth-order valence-corrected chi connectivity index (χ4v) is 2.30. The molecule has 0 fully saturated rings. The van der Waals surface area contributed by atoms with Crippen LogP contribution in [0.15, 0.2) is 36.4 Å². The molecule has 0 heterocycles. The van der Waals surface area contributed by atoms with Gasteiger partial charge in [-0.3, -0.25) is 14.9 Å². The molecular weight excluding hydrogens is 315 g/mol. The van der Waals surface area contributed by atoms with Gasteiger partial charge in [0.2, 0.25) is 0 Å². The molecule has 0 aliphatic rings. The van der Waals surface area contributed by atoms with Gasteiger partial charge in [0.1, 0.15) is 5.02 Å². The smallest absolute Gasteiger partial charge is 0.288 e. The third-order valence-corrected chi connectivity index (χ3v) is 3.49. The van der Waals surface area contributed by atoms with Gasteiger partial charge in [-0.25, -0.2) is 0 Å². The van der Waals surface area contributed by atoms with Crippen LogP contribution in [0.5, 0.6) is 0 Å². The van der Waals surface area contributed by atoms with Gasteiger partial charge in [0.25, 0.3) is 11.6 Å². The summed E-state index contributed by atoms with van der Waals surface area (Å²) in [5.74, 6) is -0.519. The number of rotatable bonds is 3. The maximum atomic E-state index is 12.2. The maximum Gasteiger partial charge on any atom is 0.288 e. The molecule has 0 aliphatic carbocycles. The van der Waals surface area contributed by atoms with Crippen LogP contribution in [0.1, 0.15) is 15.9 Å². The van der Waals surface area contributed by atoms with E-state index in [9.17, 15) is 14.9 Å². The average molecular weight is 325 g/mol. The van der Waals surface area contributed by atoms with Crippen molar-refractivity contribution < 1.29 is 9.72 Å². The van der Waals surface area contributed by atoms with Crippen molar-refractivity contribution in [2.45, 2.75) is 6.92 Å². The lowest BCUT2D eigenvalue weighted by Crippen LogP contribution is -2.13. The van der Waals surface area contributed by atoms with E-state index < -0.39 is 10.8 Å². The minimum Gasteiger partial charge on any atom is -0.322 e. The number of hydrogen-bond donors (Lipinski definition) is 1. The molecule has 0 spiro atoms. The van der Waals surface area contributed by atoms with E-state index in [2.05, 4.69) is 5.32 Å². The van der Waals surface area contributed by atoms with Gasteiger partial charge in [0, 0.05) is 16.8 Å². The van der Waals surface area contributed by atoms with Crippen LogP contribution in [0, 0.1) is 17.0 Å². The Balaban J connectivity index is 2.33. The standard InChI is InChI=1S/C14H10Cl2N2O3/c1-8-7-9(15)5-6-11(8)17-14(19)10-3-2-4-12(13(10)16)18(20)21/h2-7H,1H3,(H,17,19). The number of nitro benzene ring substituents is 1. The van der Waals surface area contributed by atoms with Crippen molar-refractivity contribution in [1.82, 2.24) is 0 Å². The summed E-state index contributed by atoms with van der Waals surface area (Å²) >= 11 is 11.7. The number of amides is 1. The number of carbonyl (C=O) groups excluding carboxylic acids is 1. The van der Waals surface area contributed by atoms with Gasteiger partial charge in [0.15, 0.2) is 0 Å². The van der Waals surface area contributed by atoms with Gasteiger partial charge in [-0.15, -0.1) is 0 Å². The Morgan fingerprint density at radius 1 is 1.24 bits per heavy atom. The van der Waals surface area contributed by atoms with E-state index in [1.807, 2.05) is 0 Å². The first-order chi connectivity index (χ1) is 9.90. The Kier molecular flexibility index (Phi) is 4.45. The summed E-state index contributed by atoms with van der Waals surface area (Å²) in [6.07, 6.45) is 0. The molecule has 2 rings (SSSR count). The molecule has 2 aromatic carbocycles. The predicted octanol–water partition coefficient (Wildman–Crippen LogP) is 4.46. The largest absolute Gasteiger partial charge is 0.322 e. The number of anilines is 1. The Bertz CT molecular complexity index is 732. The van der Waals surface area contributed by atoms with E-state index in [1.165, 1.54) is 18.2 Å². The topological polar surface area (TPSA) is 72.2 Å². The SMILES string of the molecule is Cc1cc(Cl)ccc1NC(=O)c1cccc([N+](=O)[O-])c1Cl.